The average molecular weight is 354 g/mol. The lowest BCUT2D eigenvalue weighted by atomic mass is 9.92. The van der Waals surface area contributed by atoms with Gasteiger partial charge in [-0.15, -0.1) is 24.8 Å². The molecule has 0 radical (unpaired) electrons. The molecule has 5 nitrogen and oxygen atoms in total. The van der Waals surface area contributed by atoms with E-state index in [2.05, 4.69) is 22.0 Å². The Morgan fingerprint density at radius 3 is 2.36 bits per heavy atom. The first-order chi connectivity index (χ1) is 9.78. The Morgan fingerprint density at radius 1 is 1.14 bits per heavy atom. The highest BCUT2D eigenvalue weighted by Gasteiger charge is 2.34. The molecule has 3 saturated heterocycles. The second-order valence-electron chi connectivity index (χ2n) is 6.33. The van der Waals surface area contributed by atoms with Crippen molar-refractivity contribution in [3.8, 4) is 0 Å². The van der Waals surface area contributed by atoms with Crippen LogP contribution in [0.4, 0.5) is 0 Å². The highest BCUT2D eigenvalue weighted by atomic mass is 35.5. The number of hydrogen-bond acceptors (Lipinski definition) is 4. The van der Waals surface area contributed by atoms with Crippen molar-refractivity contribution in [2.75, 3.05) is 52.4 Å². The number of morpholine rings is 1. The molecule has 3 heterocycles. The molecule has 0 aromatic carbocycles. The fraction of sp³-hybridized carbons (Fsp3) is 0.933. The van der Waals surface area contributed by atoms with E-state index in [0.29, 0.717) is 6.61 Å². The van der Waals surface area contributed by atoms with Crippen LogP contribution in [0.15, 0.2) is 0 Å². The van der Waals surface area contributed by atoms with Crippen LogP contribution < -0.4 is 5.32 Å². The zero-order chi connectivity index (χ0) is 13.9. The van der Waals surface area contributed by atoms with Crippen molar-refractivity contribution >= 4 is 30.7 Å². The summed E-state index contributed by atoms with van der Waals surface area (Å²) in [4.78, 5) is 17.0. The fourth-order valence-corrected chi connectivity index (χ4v) is 3.78. The van der Waals surface area contributed by atoms with E-state index in [1.807, 2.05) is 0 Å². The molecule has 3 aliphatic heterocycles. The van der Waals surface area contributed by atoms with E-state index < -0.39 is 0 Å². The van der Waals surface area contributed by atoms with Crippen LogP contribution in [0.2, 0.25) is 0 Å². The average Bonchev–Trinajstić information content (AvgIpc) is 2.85. The Morgan fingerprint density at radius 2 is 1.77 bits per heavy atom. The summed E-state index contributed by atoms with van der Waals surface area (Å²) in [6, 6.07) is 0. The van der Waals surface area contributed by atoms with Crippen molar-refractivity contribution in [3.05, 3.63) is 0 Å². The summed E-state index contributed by atoms with van der Waals surface area (Å²) in [5.41, 5.74) is 0. The number of halogens is 2. The minimum Gasteiger partial charge on any atom is -0.366 e. The standard InChI is InChI=1S/C15H27N3O2.2ClH/c1-2-17-7-8-20-14(11-17)15(19)18-5-3-12-9-16-10-13(12)4-6-18;;/h12-14,16H,2-11H2,1H3;2*1H/t12-,13+,14?;;. The second kappa shape index (κ2) is 9.28. The quantitative estimate of drug-likeness (QED) is 0.804. The third-order valence-electron chi connectivity index (χ3n) is 5.20. The van der Waals surface area contributed by atoms with E-state index in [9.17, 15) is 4.79 Å². The minimum absolute atomic E-state index is 0. The monoisotopic (exact) mass is 353 g/mol. The number of hydrogen-bond donors (Lipinski definition) is 1. The van der Waals surface area contributed by atoms with Crippen LogP contribution in [0.1, 0.15) is 19.8 Å². The van der Waals surface area contributed by atoms with Gasteiger partial charge in [0, 0.05) is 26.2 Å². The normalized spacial score (nSPS) is 32.4. The van der Waals surface area contributed by atoms with E-state index >= 15 is 0 Å². The van der Waals surface area contributed by atoms with Gasteiger partial charge in [0.1, 0.15) is 6.10 Å². The number of amides is 1. The second-order valence-corrected chi connectivity index (χ2v) is 6.33. The highest BCUT2D eigenvalue weighted by molar-refractivity contribution is 5.85. The number of rotatable bonds is 2. The van der Waals surface area contributed by atoms with Gasteiger partial charge in [-0.05, 0) is 44.3 Å². The van der Waals surface area contributed by atoms with E-state index in [-0.39, 0.29) is 36.8 Å². The molecule has 0 saturated carbocycles. The lowest BCUT2D eigenvalue weighted by Gasteiger charge is -2.34. The molecule has 0 spiro atoms. The zero-order valence-corrected chi connectivity index (χ0v) is 15.0. The number of likely N-dealkylation sites (N-methyl/N-ethyl adjacent to an activating group) is 1. The summed E-state index contributed by atoms with van der Waals surface area (Å²) in [6.45, 7) is 9.65. The Balaban J connectivity index is 0.00000121. The topological polar surface area (TPSA) is 44.8 Å². The van der Waals surface area contributed by atoms with Gasteiger partial charge in [0.15, 0.2) is 0 Å². The van der Waals surface area contributed by atoms with Crippen LogP contribution in [0.25, 0.3) is 0 Å². The number of nitrogens with zero attached hydrogens (tertiary/aromatic N) is 2. The first-order valence-electron chi connectivity index (χ1n) is 8.11. The summed E-state index contributed by atoms with van der Waals surface area (Å²) in [5, 5.41) is 3.48. The molecular weight excluding hydrogens is 325 g/mol. The van der Waals surface area contributed by atoms with E-state index in [1.165, 1.54) is 0 Å². The molecule has 1 N–H and O–H groups in total. The molecule has 3 fully saturated rings. The third kappa shape index (κ3) is 4.48. The predicted octanol–water partition coefficient (Wildman–Crippen LogP) is 1.01. The van der Waals surface area contributed by atoms with Crippen LogP contribution in [0, 0.1) is 11.8 Å². The number of ether oxygens (including phenoxy) is 1. The van der Waals surface area contributed by atoms with Crippen molar-refractivity contribution in [1.82, 2.24) is 15.1 Å². The maximum absolute atomic E-state index is 12.6. The zero-order valence-electron chi connectivity index (χ0n) is 13.3. The van der Waals surface area contributed by atoms with E-state index in [0.717, 1.165) is 70.5 Å². The van der Waals surface area contributed by atoms with Crippen LogP contribution in [0.5, 0.6) is 0 Å². The van der Waals surface area contributed by atoms with Crippen molar-refractivity contribution in [2.45, 2.75) is 25.9 Å². The molecule has 0 bridgehead atoms. The first kappa shape index (κ1) is 20.0. The van der Waals surface area contributed by atoms with Crippen molar-refractivity contribution in [1.29, 1.82) is 0 Å². The molecule has 7 heteroatoms. The van der Waals surface area contributed by atoms with Gasteiger partial charge < -0.3 is 15.0 Å². The van der Waals surface area contributed by atoms with Gasteiger partial charge in [-0.1, -0.05) is 6.92 Å². The maximum Gasteiger partial charge on any atom is 0.253 e. The summed E-state index contributed by atoms with van der Waals surface area (Å²) in [5.74, 6) is 1.76. The molecule has 130 valence electrons. The molecule has 1 amide bonds. The Bertz CT molecular complexity index is 346. The molecule has 0 aromatic rings. The SMILES string of the molecule is CCN1CCOC(C(=O)N2CC[C@@H]3CNC[C@@H]3CC2)C1.Cl.Cl. The van der Waals surface area contributed by atoms with Gasteiger partial charge >= 0.3 is 0 Å². The van der Waals surface area contributed by atoms with Gasteiger partial charge in [-0.25, -0.2) is 0 Å². The number of nitrogens with one attached hydrogen (secondary N) is 1. The van der Waals surface area contributed by atoms with E-state index in [1.54, 1.807) is 0 Å². The number of fused-ring (bicyclic) bond motifs is 1. The first-order valence-corrected chi connectivity index (χ1v) is 8.11. The highest BCUT2D eigenvalue weighted by Crippen LogP contribution is 2.27. The lowest BCUT2D eigenvalue weighted by molar-refractivity contribution is -0.149. The summed E-state index contributed by atoms with van der Waals surface area (Å²) < 4.78 is 5.71. The smallest absolute Gasteiger partial charge is 0.253 e. The third-order valence-corrected chi connectivity index (χ3v) is 5.20. The van der Waals surface area contributed by atoms with Crippen LogP contribution in [-0.4, -0.2) is 74.2 Å². The lowest BCUT2D eigenvalue weighted by Crippen LogP contribution is -2.51. The number of likely N-dealkylation sites (tertiary alicyclic amines) is 1. The van der Waals surface area contributed by atoms with Crippen LogP contribution in [-0.2, 0) is 9.53 Å². The van der Waals surface area contributed by atoms with Crippen molar-refractivity contribution in [2.24, 2.45) is 11.8 Å². The van der Waals surface area contributed by atoms with E-state index in [4.69, 9.17) is 4.74 Å². The van der Waals surface area contributed by atoms with Gasteiger partial charge in [0.25, 0.3) is 5.91 Å². The summed E-state index contributed by atoms with van der Waals surface area (Å²) in [7, 11) is 0. The molecule has 1 unspecified atom stereocenters. The fourth-order valence-electron chi connectivity index (χ4n) is 3.78. The number of carbonyl (C=O) groups excluding carboxylic acids is 1. The molecule has 3 atom stereocenters. The molecule has 0 aliphatic carbocycles. The molecule has 0 aromatic heterocycles. The molecule has 22 heavy (non-hydrogen) atoms. The largest absolute Gasteiger partial charge is 0.366 e. The summed E-state index contributed by atoms with van der Waals surface area (Å²) >= 11 is 0. The van der Waals surface area contributed by atoms with Gasteiger partial charge in [-0.2, -0.15) is 0 Å². The van der Waals surface area contributed by atoms with Gasteiger partial charge in [0.2, 0.25) is 0 Å². The Kier molecular flexibility index (Phi) is 8.43. The van der Waals surface area contributed by atoms with Crippen molar-refractivity contribution in [3.63, 3.8) is 0 Å². The minimum atomic E-state index is -0.236. The maximum atomic E-state index is 12.6. The Labute approximate surface area is 145 Å². The predicted molar refractivity (Wildman–Crippen MR) is 92.0 cm³/mol. The van der Waals surface area contributed by atoms with Crippen LogP contribution >= 0.6 is 24.8 Å². The Hall–Kier alpha value is -0.0700. The molecule has 3 aliphatic rings. The summed E-state index contributed by atoms with van der Waals surface area (Å²) in [6.07, 6.45) is 2.06. The number of carbonyl (C=O) groups is 1. The van der Waals surface area contributed by atoms with Gasteiger partial charge in [0.05, 0.1) is 6.61 Å². The van der Waals surface area contributed by atoms with Crippen molar-refractivity contribution < 1.29 is 9.53 Å². The molecule has 3 rings (SSSR count). The van der Waals surface area contributed by atoms with Crippen LogP contribution in [0.3, 0.4) is 0 Å². The van der Waals surface area contributed by atoms with Gasteiger partial charge in [-0.3, -0.25) is 9.69 Å². The molecular formula is C15H29Cl2N3O2.